The average Bonchev–Trinajstić information content (AvgIpc) is 2.71. The lowest BCUT2D eigenvalue weighted by molar-refractivity contribution is -0.0544. The SMILES string of the molecule is CC1(CO)C[C@H](n2cc(F)c(=O)[nH]c2=O)O[C@@H]1CO. The fourth-order valence-electron chi connectivity index (χ4n) is 2.20. The number of ether oxygens (including phenoxy) is 1. The van der Waals surface area contributed by atoms with Crippen LogP contribution in [0, 0.1) is 11.2 Å². The van der Waals surface area contributed by atoms with Crippen molar-refractivity contribution in [3.8, 4) is 0 Å². The minimum absolute atomic E-state index is 0.222. The summed E-state index contributed by atoms with van der Waals surface area (Å²) in [6.07, 6.45) is -0.513. The number of nitrogens with one attached hydrogen (secondary N) is 1. The summed E-state index contributed by atoms with van der Waals surface area (Å²) in [5, 5.41) is 18.6. The second kappa shape index (κ2) is 4.87. The van der Waals surface area contributed by atoms with Crippen molar-refractivity contribution in [1.82, 2.24) is 9.55 Å². The normalized spacial score (nSPS) is 30.7. The Balaban J connectivity index is 2.38. The molecule has 3 atom stereocenters. The highest BCUT2D eigenvalue weighted by atomic mass is 19.1. The molecule has 2 heterocycles. The van der Waals surface area contributed by atoms with Crippen molar-refractivity contribution in [1.29, 1.82) is 0 Å². The van der Waals surface area contributed by atoms with Crippen LogP contribution in [0.25, 0.3) is 0 Å². The van der Waals surface area contributed by atoms with E-state index in [-0.39, 0.29) is 19.6 Å². The first-order valence-electron chi connectivity index (χ1n) is 5.79. The van der Waals surface area contributed by atoms with E-state index in [2.05, 4.69) is 0 Å². The maximum absolute atomic E-state index is 13.2. The first kappa shape index (κ1) is 13.9. The monoisotopic (exact) mass is 274 g/mol. The molecule has 0 amide bonds. The number of rotatable bonds is 3. The molecule has 19 heavy (non-hydrogen) atoms. The molecule has 3 N–H and O–H groups in total. The van der Waals surface area contributed by atoms with E-state index in [4.69, 9.17) is 4.74 Å². The van der Waals surface area contributed by atoms with Crippen LogP contribution in [-0.2, 0) is 4.74 Å². The van der Waals surface area contributed by atoms with Gasteiger partial charge in [0, 0.05) is 11.8 Å². The summed E-state index contributed by atoms with van der Waals surface area (Å²) in [6, 6.07) is 0. The average molecular weight is 274 g/mol. The molecule has 106 valence electrons. The molecule has 0 radical (unpaired) electrons. The molecule has 1 aliphatic heterocycles. The maximum Gasteiger partial charge on any atom is 0.330 e. The van der Waals surface area contributed by atoms with Crippen molar-refractivity contribution in [2.45, 2.75) is 25.7 Å². The van der Waals surface area contributed by atoms with Gasteiger partial charge in [-0.05, 0) is 0 Å². The fourth-order valence-corrected chi connectivity index (χ4v) is 2.20. The summed E-state index contributed by atoms with van der Waals surface area (Å²) in [5.41, 5.74) is -2.62. The third-order valence-electron chi connectivity index (χ3n) is 3.50. The lowest BCUT2D eigenvalue weighted by atomic mass is 9.84. The van der Waals surface area contributed by atoms with Crippen LogP contribution in [-0.4, -0.2) is 39.1 Å². The topological polar surface area (TPSA) is 105 Å². The number of aliphatic hydroxyl groups excluding tert-OH is 2. The highest BCUT2D eigenvalue weighted by molar-refractivity contribution is 4.94. The summed E-state index contributed by atoms with van der Waals surface area (Å²) >= 11 is 0. The van der Waals surface area contributed by atoms with Crippen LogP contribution in [0.1, 0.15) is 19.6 Å². The van der Waals surface area contributed by atoms with Gasteiger partial charge in [0.05, 0.1) is 25.5 Å². The zero-order valence-electron chi connectivity index (χ0n) is 10.3. The molecule has 1 aromatic rings. The minimum atomic E-state index is -1.10. The Labute approximate surface area is 107 Å². The predicted octanol–water partition coefficient (Wildman–Crippen LogP) is -1.05. The molecule has 1 aliphatic rings. The van der Waals surface area contributed by atoms with Gasteiger partial charge in [-0.1, -0.05) is 6.92 Å². The third kappa shape index (κ3) is 2.34. The molecule has 1 aromatic heterocycles. The van der Waals surface area contributed by atoms with E-state index in [9.17, 15) is 24.2 Å². The van der Waals surface area contributed by atoms with Crippen LogP contribution in [0.5, 0.6) is 0 Å². The number of aromatic nitrogens is 2. The number of H-pyrrole nitrogens is 1. The number of hydrogen-bond acceptors (Lipinski definition) is 5. The fraction of sp³-hybridized carbons (Fsp3) is 0.636. The van der Waals surface area contributed by atoms with Crippen LogP contribution in [0.3, 0.4) is 0 Å². The summed E-state index contributed by atoms with van der Waals surface area (Å²) in [7, 11) is 0. The standard InChI is InChI=1S/C11H15FN2O5/c1-11(5-16)2-8(19-7(11)4-15)14-3-6(12)9(17)13-10(14)18/h3,7-8,15-16H,2,4-5H2,1H3,(H,13,17,18)/t7-,8-,11?/m1/s1. The summed E-state index contributed by atoms with van der Waals surface area (Å²) in [5.74, 6) is -1.10. The summed E-state index contributed by atoms with van der Waals surface area (Å²) < 4.78 is 19.6. The Morgan fingerprint density at radius 1 is 1.58 bits per heavy atom. The van der Waals surface area contributed by atoms with E-state index >= 15 is 0 Å². The van der Waals surface area contributed by atoms with Gasteiger partial charge in [0.2, 0.25) is 5.82 Å². The van der Waals surface area contributed by atoms with E-state index in [0.717, 1.165) is 10.8 Å². The molecule has 0 bridgehead atoms. The number of halogens is 1. The van der Waals surface area contributed by atoms with Gasteiger partial charge in [-0.3, -0.25) is 14.3 Å². The maximum atomic E-state index is 13.2. The van der Waals surface area contributed by atoms with Gasteiger partial charge < -0.3 is 14.9 Å². The zero-order chi connectivity index (χ0) is 14.2. The van der Waals surface area contributed by atoms with Crippen molar-refractivity contribution in [3.63, 3.8) is 0 Å². The Kier molecular flexibility index (Phi) is 3.57. The quantitative estimate of drug-likeness (QED) is 0.652. The summed E-state index contributed by atoms with van der Waals surface area (Å²) in [4.78, 5) is 24.4. The highest BCUT2D eigenvalue weighted by Crippen LogP contribution is 2.42. The van der Waals surface area contributed by atoms with Gasteiger partial charge in [-0.15, -0.1) is 0 Å². The van der Waals surface area contributed by atoms with Gasteiger partial charge >= 0.3 is 5.69 Å². The van der Waals surface area contributed by atoms with Crippen molar-refractivity contribution >= 4 is 0 Å². The van der Waals surface area contributed by atoms with Crippen molar-refractivity contribution in [3.05, 3.63) is 32.9 Å². The van der Waals surface area contributed by atoms with Gasteiger partial charge in [0.1, 0.15) is 6.23 Å². The Hall–Kier alpha value is -1.51. The molecule has 0 aliphatic carbocycles. The number of aliphatic hydroxyl groups is 2. The minimum Gasteiger partial charge on any atom is -0.396 e. The molecule has 1 unspecified atom stereocenters. The molecule has 1 fully saturated rings. The molecule has 8 heteroatoms. The van der Waals surface area contributed by atoms with Crippen LogP contribution in [0.4, 0.5) is 4.39 Å². The van der Waals surface area contributed by atoms with Gasteiger partial charge in [-0.25, -0.2) is 4.79 Å². The first-order valence-corrected chi connectivity index (χ1v) is 5.79. The van der Waals surface area contributed by atoms with E-state index in [1.807, 2.05) is 4.98 Å². The van der Waals surface area contributed by atoms with Crippen molar-refractivity contribution < 1.29 is 19.3 Å². The molecule has 0 saturated carbocycles. The van der Waals surface area contributed by atoms with Crippen LogP contribution >= 0.6 is 0 Å². The van der Waals surface area contributed by atoms with Gasteiger partial charge in [0.25, 0.3) is 5.56 Å². The third-order valence-corrected chi connectivity index (χ3v) is 3.50. The van der Waals surface area contributed by atoms with Crippen LogP contribution in [0.2, 0.25) is 0 Å². The van der Waals surface area contributed by atoms with E-state index in [0.29, 0.717) is 0 Å². The second-order valence-corrected chi connectivity index (χ2v) is 4.92. The zero-order valence-corrected chi connectivity index (χ0v) is 10.3. The number of aromatic amines is 1. The summed E-state index contributed by atoms with van der Waals surface area (Å²) in [6.45, 7) is 1.13. The Morgan fingerprint density at radius 2 is 2.26 bits per heavy atom. The first-order chi connectivity index (χ1) is 8.91. The van der Waals surface area contributed by atoms with E-state index in [1.165, 1.54) is 0 Å². The lowest BCUT2D eigenvalue weighted by Crippen LogP contribution is -2.34. The highest BCUT2D eigenvalue weighted by Gasteiger charge is 2.45. The molecular formula is C11H15FN2O5. The Morgan fingerprint density at radius 3 is 2.79 bits per heavy atom. The van der Waals surface area contributed by atoms with E-state index in [1.54, 1.807) is 6.92 Å². The lowest BCUT2D eigenvalue weighted by Gasteiger charge is -2.25. The molecule has 1 saturated heterocycles. The van der Waals surface area contributed by atoms with Gasteiger partial charge in [0.15, 0.2) is 0 Å². The molecular weight excluding hydrogens is 259 g/mol. The smallest absolute Gasteiger partial charge is 0.330 e. The molecule has 0 spiro atoms. The van der Waals surface area contributed by atoms with Gasteiger partial charge in [-0.2, -0.15) is 4.39 Å². The number of hydrogen-bond donors (Lipinski definition) is 3. The van der Waals surface area contributed by atoms with E-state index < -0.39 is 34.8 Å². The predicted molar refractivity (Wildman–Crippen MR) is 62.1 cm³/mol. The second-order valence-electron chi connectivity index (χ2n) is 4.92. The van der Waals surface area contributed by atoms with Crippen molar-refractivity contribution in [2.24, 2.45) is 5.41 Å². The number of nitrogens with zero attached hydrogens (tertiary/aromatic N) is 1. The molecule has 0 aromatic carbocycles. The molecule has 7 nitrogen and oxygen atoms in total. The Bertz CT molecular complexity index is 583. The van der Waals surface area contributed by atoms with Crippen molar-refractivity contribution in [2.75, 3.05) is 13.2 Å². The van der Waals surface area contributed by atoms with Crippen LogP contribution < -0.4 is 11.2 Å². The largest absolute Gasteiger partial charge is 0.396 e. The molecule has 2 rings (SSSR count). The van der Waals surface area contributed by atoms with Crippen LogP contribution in [0.15, 0.2) is 15.8 Å².